The largest absolute Gasteiger partial charge is 0.445 e. The first kappa shape index (κ1) is 11.5. The molecule has 3 atom stereocenters. The fourth-order valence-electron chi connectivity index (χ4n) is 2.22. The van der Waals surface area contributed by atoms with Crippen molar-refractivity contribution in [3.05, 3.63) is 35.9 Å². The Bertz CT molecular complexity index is 436. The Hall–Kier alpha value is -1.59. The van der Waals surface area contributed by atoms with Crippen molar-refractivity contribution < 1.29 is 19.4 Å². The van der Waals surface area contributed by atoms with Crippen LogP contribution in [-0.4, -0.2) is 47.5 Å². The van der Waals surface area contributed by atoms with Gasteiger partial charge in [-0.2, -0.15) is 0 Å². The van der Waals surface area contributed by atoms with Crippen molar-refractivity contribution in [1.29, 1.82) is 0 Å². The number of carbonyl (C=O) groups excluding carboxylic acids is 1. The lowest BCUT2D eigenvalue weighted by molar-refractivity contribution is 0.0553. The van der Waals surface area contributed by atoms with Crippen LogP contribution in [0.15, 0.2) is 30.3 Å². The van der Waals surface area contributed by atoms with E-state index in [9.17, 15) is 9.90 Å². The van der Waals surface area contributed by atoms with Crippen LogP contribution in [0.5, 0.6) is 0 Å². The SMILES string of the molecule is O=C(OCc1ccccc1)N1C[C@@H]2O[C@@H]2[C@@H](O)C1. The molecular weight excluding hydrogens is 234 g/mol. The lowest BCUT2D eigenvalue weighted by Crippen LogP contribution is -2.46. The Morgan fingerprint density at radius 2 is 2.17 bits per heavy atom. The van der Waals surface area contributed by atoms with Gasteiger partial charge in [-0.1, -0.05) is 30.3 Å². The average Bonchev–Trinajstić information content (AvgIpc) is 3.17. The summed E-state index contributed by atoms with van der Waals surface area (Å²) in [6.45, 7) is 1.05. The number of piperidine rings is 1. The standard InChI is InChI=1S/C13H15NO4/c15-10-6-14(7-11-12(10)18-11)13(16)17-8-9-4-2-1-3-5-9/h1-5,10-12,15H,6-8H2/t10-,11-,12+/m0/s1. The number of aliphatic hydroxyl groups excluding tert-OH is 1. The van der Waals surface area contributed by atoms with E-state index < -0.39 is 12.2 Å². The number of fused-ring (bicyclic) bond motifs is 1. The van der Waals surface area contributed by atoms with Crippen LogP contribution < -0.4 is 0 Å². The quantitative estimate of drug-likeness (QED) is 0.786. The van der Waals surface area contributed by atoms with Gasteiger partial charge in [-0.3, -0.25) is 0 Å². The summed E-state index contributed by atoms with van der Waals surface area (Å²) in [4.78, 5) is 13.3. The minimum Gasteiger partial charge on any atom is -0.445 e. The highest BCUT2D eigenvalue weighted by Crippen LogP contribution is 2.31. The van der Waals surface area contributed by atoms with Crippen molar-refractivity contribution in [3.8, 4) is 0 Å². The first-order valence-electron chi connectivity index (χ1n) is 6.03. The lowest BCUT2D eigenvalue weighted by Gasteiger charge is -2.26. The maximum atomic E-state index is 11.8. The van der Waals surface area contributed by atoms with E-state index in [0.717, 1.165) is 5.56 Å². The van der Waals surface area contributed by atoms with Crippen molar-refractivity contribution in [2.24, 2.45) is 0 Å². The molecule has 96 valence electrons. The van der Waals surface area contributed by atoms with Gasteiger partial charge in [0, 0.05) is 0 Å². The number of nitrogens with zero attached hydrogens (tertiary/aromatic N) is 1. The molecule has 0 spiro atoms. The Kier molecular flexibility index (Phi) is 2.93. The summed E-state index contributed by atoms with van der Waals surface area (Å²) >= 11 is 0. The number of aliphatic hydroxyl groups is 1. The van der Waals surface area contributed by atoms with Crippen molar-refractivity contribution in [3.63, 3.8) is 0 Å². The third kappa shape index (κ3) is 2.32. The normalized spacial score (nSPS) is 29.6. The molecule has 5 heteroatoms. The second kappa shape index (κ2) is 4.59. The van der Waals surface area contributed by atoms with E-state index in [2.05, 4.69) is 0 Å². The minimum atomic E-state index is -0.590. The van der Waals surface area contributed by atoms with Gasteiger partial charge in [-0.15, -0.1) is 0 Å². The molecule has 2 fully saturated rings. The summed E-state index contributed by atoms with van der Waals surface area (Å²) < 4.78 is 10.4. The van der Waals surface area contributed by atoms with Crippen LogP contribution in [0.3, 0.4) is 0 Å². The zero-order chi connectivity index (χ0) is 12.5. The monoisotopic (exact) mass is 249 g/mol. The van der Waals surface area contributed by atoms with E-state index >= 15 is 0 Å². The second-order valence-corrected chi connectivity index (χ2v) is 4.65. The molecule has 0 saturated carbocycles. The molecule has 2 heterocycles. The van der Waals surface area contributed by atoms with Crippen LogP contribution in [0.25, 0.3) is 0 Å². The van der Waals surface area contributed by atoms with Crippen LogP contribution in [0.2, 0.25) is 0 Å². The van der Waals surface area contributed by atoms with Crippen molar-refractivity contribution in [2.75, 3.05) is 13.1 Å². The number of hydrogen-bond donors (Lipinski definition) is 1. The van der Waals surface area contributed by atoms with Gasteiger partial charge in [0.25, 0.3) is 0 Å². The number of β-amino-alcohol motifs (C(OH)–C–C–N with tert-alkyl or cyclic N) is 1. The van der Waals surface area contributed by atoms with E-state index in [1.165, 1.54) is 4.90 Å². The first-order chi connectivity index (χ1) is 8.74. The number of hydrogen-bond acceptors (Lipinski definition) is 4. The molecule has 1 aromatic carbocycles. The van der Waals surface area contributed by atoms with Gasteiger partial charge in [-0.25, -0.2) is 4.79 Å². The minimum absolute atomic E-state index is 0.0157. The molecule has 18 heavy (non-hydrogen) atoms. The summed E-state index contributed by atoms with van der Waals surface area (Å²) in [6.07, 6.45) is -1.08. The van der Waals surface area contributed by atoms with Crippen molar-refractivity contribution in [2.45, 2.75) is 24.9 Å². The van der Waals surface area contributed by atoms with Crippen molar-refractivity contribution in [1.82, 2.24) is 4.90 Å². The van der Waals surface area contributed by atoms with Gasteiger partial charge >= 0.3 is 6.09 Å². The van der Waals surface area contributed by atoms with Gasteiger partial charge in [0.2, 0.25) is 0 Å². The Labute approximate surface area is 105 Å². The van der Waals surface area contributed by atoms with Gasteiger partial charge in [0.15, 0.2) is 0 Å². The molecule has 2 aliphatic heterocycles. The molecule has 1 aromatic rings. The third-order valence-electron chi connectivity index (χ3n) is 3.27. The van der Waals surface area contributed by atoms with E-state index in [0.29, 0.717) is 6.54 Å². The summed E-state index contributed by atoms with van der Waals surface area (Å²) in [5.74, 6) is 0. The number of benzene rings is 1. The Morgan fingerprint density at radius 3 is 2.89 bits per heavy atom. The molecule has 3 rings (SSSR count). The van der Waals surface area contributed by atoms with Crippen LogP contribution in [0, 0.1) is 0 Å². The third-order valence-corrected chi connectivity index (χ3v) is 3.27. The predicted octanol–water partition coefficient (Wildman–Crippen LogP) is 0.767. The van der Waals surface area contributed by atoms with Gasteiger partial charge < -0.3 is 19.5 Å². The van der Waals surface area contributed by atoms with Crippen LogP contribution in [0.1, 0.15) is 5.56 Å². The van der Waals surface area contributed by atoms with E-state index in [-0.39, 0.29) is 25.4 Å². The summed E-state index contributed by atoms with van der Waals surface area (Å²) in [6, 6.07) is 9.51. The van der Waals surface area contributed by atoms with Crippen LogP contribution in [-0.2, 0) is 16.1 Å². The maximum Gasteiger partial charge on any atom is 0.410 e. The van der Waals surface area contributed by atoms with Crippen LogP contribution >= 0.6 is 0 Å². The van der Waals surface area contributed by atoms with E-state index in [1.54, 1.807) is 0 Å². The molecule has 0 unspecified atom stereocenters. The van der Waals surface area contributed by atoms with Crippen molar-refractivity contribution >= 4 is 6.09 Å². The molecule has 0 aliphatic carbocycles. The van der Waals surface area contributed by atoms with Gasteiger partial charge in [0.1, 0.15) is 24.9 Å². The zero-order valence-electron chi connectivity index (χ0n) is 9.86. The number of carbonyl (C=O) groups is 1. The van der Waals surface area contributed by atoms with Gasteiger partial charge in [-0.05, 0) is 5.56 Å². The van der Waals surface area contributed by atoms with Crippen LogP contribution in [0.4, 0.5) is 4.79 Å². The summed E-state index contributed by atoms with van der Waals surface area (Å²) in [5, 5.41) is 9.65. The fourth-order valence-corrected chi connectivity index (χ4v) is 2.22. The number of epoxide rings is 1. The molecule has 0 radical (unpaired) electrons. The topological polar surface area (TPSA) is 62.3 Å². The summed E-state index contributed by atoms with van der Waals surface area (Å²) in [5.41, 5.74) is 0.948. The molecule has 2 aliphatic rings. The first-order valence-corrected chi connectivity index (χ1v) is 6.03. The molecule has 1 N–H and O–H groups in total. The second-order valence-electron chi connectivity index (χ2n) is 4.65. The Morgan fingerprint density at radius 1 is 1.39 bits per heavy atom. The predicted molar refractivity (Wildman–Crippen MR) is 62.9 cm³/mol. The molecule has 0 bridgehead atoms. The number of ether oxygens (including phenoxy) is 2. The number of likely N-dealkylation sites (tertiary alicyclic amines) is 1. The average molecular weight is 249 g/mol. The number of rotatable bonds is 2. The highest BCUT2D eigenvalue weighted by atomic mass is 16.6. The summed E-state index contributed by atoms with van der Waals surface area (Å²) in [7, 11) is 0. The highest BCUT2D eigenvalue weighted by molar-refractivity contribution is 5.68. The Balaban J connectivity index is 1.52. The smallest absolute Gasteiger partial charge is 0.410 e. The molecule has 1 amide bonds. The van der Waals surface area contributed by atoms with Gasteiger partial charge in [0.05, 0.1) is 13.1 Å². The molecular formula is C13H15NO4. The molecule has 2 saturated heterocycles. The zero-order valence-corrected chi connectivity index (χ0v) is 9.86. The lowest BCUT2D eigenvalue weighted by atomic mass is 10.1. The maximum absolute atomic E-state index is 11.8. The molecule has 0 aromatic heterocycles. The van der Waals surface area contributed by atoms with E-state index in [1.807, 2.05) is 30.3 Å². The number of amides is 1. The van der Waals surface area contributed by atoms with E-state index in [4.69, 9.17) is 9.47 Å². The highest BCUT2D eigenvalue weighted by Gasteiger charge is 2.50. The fraction of sp³-hybridized carbons (Fsp3) is 0.462. The molecule has 5 nitrogen and oxygen atoms in total.